The van der Waals surface area contributed by atoms with E-state index >= 15 is 0 Å². The molecule has 0 radical (unpaired) electrons. The molecule has 126 valence electrons. The van der Waals surface area contributed by atoms with Crippen molar-refractivity contribution >= 4 is 24.2 Å². The molecule has 1 unspecified atom stereocenters. The summed E-state index contributed by atoms with van der Waals surface area (Å²) in [5, 5.41) is 0. The maximum Gasteiger partial charge on any atom is 0.227 e. The summed E-state index contributed by atoms with van der Waals surface area (Å²) in [6, 6.07) is 0. The highest BCUT2D eigenvalue weighted by Gasteiger charge is 2.37. The molecule has 0 aromatic carbocycles. The average molecular weight is 330 g/mol. The highest BCUT2D eigenvalue weighted by atomic mass is 35.5. The fourth-order valence-electron chi connectivity index (χ4n) is 3.61. The Morgan fingerprint density at radius 2 is 1.50 bits per heavy atom. The van der Waals surface area contributed by atoms with Crippen molar-refractivity contribution in [3.05, 3.63) is 0 Å². The zero-order valence-electron chi connectivity index (χ0n) is 13.2. The first-order chi connectivity index (χ1) is 10.2. The number of nitrogens with zero attached hydrogens (tertiary/aromatic N) is 2. The quantitative estimate of drug-likeness (QED) is 0.847. The molecule has 0 spiro atoms. The molecule has 0 bridgehead atoms. The summed E-state index contributed by atoms with van der Waals surface area (Å²) in [6.07, 6.45) is 6.04. The minimum absolute atomic E-state index is 0. The van der Waals surface area contributed by atoms with E-state index in [2.05, 4.69) is 0 Å². The minimum Gasteiger partial charge on any atom is -0.342 e. The van der Waals surface area contributed by atoms with Gasteiger partial charge in [0.1, 0.15) is 0 Å². The number of carbonyl (C=O) groups excluding carboxylic acids is 2. The van der Waals surface area contributed by atoms with Crippen LogP contribution in [0.25, 0.3) is 0 Å². The molecule has 0 aromatic heterocycles. The number of halogens is 1. The van der Waals surface area contributed by atoms with E-state index < -0.39 is 0 Å². The topological polar surface area (TPSA) is 66.6 Å². The predicted molar refractivity (Wildman–Crippen MR) is 87.6 cm³/mol. The van der Waals surface area contributed by atoms with Crippen LogP contribution in [-0.4, -0.2) is 54.3 Å². The second-order valence-corrected chi connectivity index (χ2v) is 6.90. The van der Waals surface area contributed by atoms with E-state index in [1.165, 1.54) is 0 Å². The van der Waals surface area contributed by atoms with Crippen LogP contribution in [0.1, 0.15) is 38.5 Å². The number of likely N-dealkylation sites (tertiary alicyclic amines) is 2. The molecule has 3 aliphatic rings. The number of hydrogen-bond donors (Lipinski definition) is 1. The molecule has 3 fully saturated rings. The lowest BCUT2D eigenvalue weighted by Gasteiger charge is -2.37. The van der Waals surface area contributed by atoms with E-state index in [9.17, 15) is 9.59 Å². The number of rotatable bonds is 3. The van der Waals surface area contributed by atoms with Crippen molar-refractivity contribution in [2.24, 2.45) is 23.5 Å². The Bertz CT molecular complexity index is 406. The van der Waals surface area contributed by atoms with Gasteiger partial charge in [-0.1, -0.05) is 0 Å². The van der Waals surface area contributed by atoms with Gasteiger partial charge in [-0.25, -0.2) is 0 Å². The molecular weight excluding hydrogens is 302 g/mol. The van der Waals surface area contributed by atoms with Crippen molar-refractivity contribution in [2.45, 2.75) is 38.5 Å². The number of carbonyl (C=O) groups is 2. The first-order valence-corrected chi connectivity index (χ1v) is 8.46. The van der Waals surface area contributed by atoms with Crippen LogP contribution in [0.2, 0.25) is 0 Å². The zero-order chi connectivity index (χ0) is 14.8. The number of piperidine rings is 2. The summed E-state index contributed by atoms with van der Waals surface area (Å²) in [5.74, 6) is 1.41. The lowest BCUT2D eigenvalue weighted by Crippen LogP contribution is -2.49. The van der Waals surface area contributed by atoms with Crippen molar-refractivity contribution in [1.82, 2.24) is 9.80 Å². The average Bonchev–Trinajstić information content (AvgIpc) is 3.38. The van der Waals surface area contributed by atoms with Crippen LogP contribution in [0.4, 0.5) is 0 Å². The van der Waals surface area contributed by atoms with Crippen molar-refractivity contribution < 1.29 is 9.59 Å². The summed E-state index contributed by atoms with van der Waals surface area (Å²) in [5.41, 5.74) is 5.71. The highest BCUT2D eigenvalue weighted by Crippen LogP contribution is 2.33. The van der Waals surface area contributed by atoms with E-state index in [0.717, 1.165) is 64.7 Å². The van der Waals surface area contributed by atoms with Gasteiger partial charge >= 0.3 is 0 Å². The molecule has 22 heavy (non-hydrogen) atoms. The van der Waals surface area contributed by atoms with Crippen LogP contribution in [0.15, 0.2) is 0 Å². The summed E-state index contributed by atoms with van der Waals surface area (Å²) in [4.78, 5) is 28.8. The van der Waals surface area contributed by atoms with E-state index in [1.54, 1.807) is 0 Å². The lowest BCUT2D eigenvalue weighted by molar-refractivity contribution is -0.142. The Kier molecular flexibility index (Phi) is 6.09. The fourth-order valence-corrected chi connectivity index (χ4v) is 3.61. The van der Waals surface area contributed by atoms with E-state index in [0.29, 0.717) is 12.5 Å². The van der Waals surface area contributed by atoms with Gasteiger partial charge in [0.25, 0.3) is 0 Å². The molecule has 6 heteroatoms. The minimum atomic E-state index is 0. The van der Waals surface area contributed by atoms with Crippen LogP contribution in [-0.2, 0) is 9.59 Å². The first kappa shape index (κ1) is 17.5. The SMILES string of the molecule is Cl.NCC1CCN(C(=O)C2CCCN(C(=O)C3CC3)C2)CC1. The summed E-state index contributed by atoms with van der Waals surface area (Å²) in [7, 11) is 0. The van der Waals surface area contributed by atoms with Crippen molar-refractivity contribution in [2.75, 3.05) is 32.7 Å². The Morgan fingerprint density at radius 3 is 2.09 bits per heavy atom. The van der Waals surface area contributed by atoms with Crippen molar-refractivity contribution in [3.8, 4) is 0 Å². The summed E-state index contributed by atoms with van der Waals surface area (Å²) >= 11 is 0. The number of amides is 2. The van der Waals surface area contributed by atoms with Crippen molar-refractivity contribution in [3.63, 3.8) is 0 Å². The third-order valence-corrected chi connectivity index (χ3v) is 5.27. The Labute approximate surface area is 139 Å². The van der Waals surface area contributed by atoms with Crippen LogP contribution in [0.3, 0.4) is 0 Å². The fraction of sp³-hybridized carbons (Fsp3) is 0.875. The molecule has 1 saturated carbocycles. The van der Waals surface area contributed by atoms with Crippen molar-refractivity contribution in [1.29, 1.82) is 0 Å². The Hall–Kier alpha value is -0.810. The van der Waals surface area contributed by atoms with E-state index in [4.69, 9.17) is 5.73 Å². The molecule has 2 heterocycles. The monoisotopic (exact) mass is 329 g/mol. The van der Waals surface area contributed by atoms with Gasteiger partial charge < -0.3 is 15.5 Å². The molecule has 0 aromatic rings. The molecule has 2 N–H and O–H groups in total. The van der Waals surface area contributed by atoms with Gasteiger partial charge in [0.15, 0.2) is 0 Å². The largest absolute Gasteiger partial charge is 0.342 e. The van der Waals surface area contributed by atoms with E-state index in [-0.39, 0.29) is 36.1 Å². The molecular formula is C16H28ClN3O2. The van der Waals surface area contributed by atoms with Gasteiger partial charge in [-0.2, -0.15) is 0 Å². The predicted octanol–water partition coefficient (Wildman–Crippen LogP) is 1.25. The number of hydrogen-bond acceptors (Lipinski definition) is 3. The Balaban J connectivity index is 0.00000176. The molecule has 1 atom stereocenters. The molecule has 2 amide bonds. The maximum absolute atomic E-state index is 12.7. The summed E-state index contributed by atoms with van der Waals surface area (Å²) in [6.45, 7) is 3.90. The molecule has 5 nitrogen and oxygen atoms in total. The summed E-state index contributed by atoms with van der Waals surface area (Å²) < 4.78 is 0. The van der Waals surface area contributed by atoms with Gasteiger partial charge in [0, 0.05) is 32.1 Å². The third kappa shape index (κ3) is 3.93. The van der Waals surface area contributed by atoms with Crippen LogP contribution >= 0.6 is 12.4 Å². The molecule has 2 aliphatic heterocycles. The highest BCUT2D eigenvalue weighted by molar-refractivity contribution is 5.85. The first-order valence-electron chi connectivity index (χ1n) is 8.46. The lowest BCUT2D eigenvalue weighted by atomic mass is 9.92. The zero-order valence-corrected chi connectivity index (χ0v) is 14.0. The normalized spacial score (nSPS) is 26.5. The van der Waals surface area contributed by atoms with Crippen LogP contribution < -0.4 is 5.73 Å². The van der Waals surface area contributed by atoms with Crippen LogP contribution in [0, 0.1) is 17.8 Å². The molecule has 3 rings (SSSR count). The molecule has 2 saturated heterocycles. The second kappa shape index (κ2) is 7.64. The van der Waals surface area contributed by atoms with Crippen LogP contribution in [0.5, 0.6) is 0 Å². The van der Waals surface area contributed by atoms with E-state index in [1.807, 2.05) is 9.80 Å². The van der Waals surface area contributed by atoms with Gasteiger partial charge in [-0.05, 0) is 51.0 Å². The van der Waals surface area contributed by atoms with Gasteiger partial charge in [0.2, 0.25) is 11.8 Å². The van der Waals surface area contributed by atoms with Gasteiger partial charge in [-0.15, -0.1) is 12.4 Å². The molecule has 1 aliphatic carbocycles. The third-order valence-electron chi connectivity index (χ3n) is 5.27. The van der Waals surface area contributed by atoms with Gasteiger partial charge in [-0.3, -0.25) is 9.59 Å². The van der Waals surface area contributed by atoms with Gasteiger partial charge in [0.05, 0.1) is 5.92 Å². The Morgan fingerprint density at radius 1 is 0.864 bits per heavy atom. The second-order valence-electron chi connectivity index (χ2n) is 6.90. The standard InChI is InChI=1S/C16H27N3O2.ClH/c17-10-12-5-8-18(9-6-12)16(21)14-2-1-7-19(11-14)15(20)13-3-4-13;/h12-14H,1-11,17H2;1H. The number of nitrogens with two attached hydrogens (primary N) is 1. The maximum atomic E-state index is 12.7. The smallest absolute Gasteiger partial charge is 0.227 e.